The predicted octanol–water partition coefficient (Wildman–Crippen LogP) is 2.10. The van der Waals surface area contributed by atoms with Crippen molar-refractivity contribution in [2.75, 3.05) is 0 Å². The van der Waals surface area contributed by atoms with Crippen LogP contribution in [0.5, 0.6) is 0 Å². The normalized spacial score (nSPS) is 23.7. The van der Waals surface area contributed by atoms with Crippen molar-refractivity contribution in [1.82, 2.24) is 24.0 Å². The number of imidazole rings is 1. The zero-order chi connectivity index (χ0) is 17.7. The van der Waals surface area contributed by atoms with Crippen molar-refractivity contribution >= 4 is 11.2 Å². The fourth-order valence-electron chi connectivity index (χ4n) is 3.83. The van der Waals surface area contributed by atoms with Crippen LogP contribution in [-0.2, 0) is 5.54 Å². The van der Waals surface area contributed by atoms with Gasteiger partial charge in [-0.05, 0) is 43.9 Å². The summed E-state index contributed by atoms with van der Waals surface area (Å²) in [7, 11) is 0. The van der Waals surface area contributed by atoms with Crippen molar-refractivity contribution in [3.63, 3.8) is 0 Å². The molecule has 4 aromatic heterocycles. The lowest BCUT2D eigenvalue weighted by Gasteiger charge is -2.34. The second kappa shape index (κ2) is 5.62. The number of rotatable bonds is 2. The first-order chi connectivity index (χ1) is 12.6. The molecule has 4 N–H and O–H groups in total. The van der Waals surface area contributed by atoms with Crippen LogP contribution in [0.1, 0.15) is 31.5 Å². The van der Waals surface area contributed by atoms with E-state index in [-0.39, 0.29) is 6.04 Å². The van der Waals surface area contributed by atoms with Crippen LogP contribution in [-0.4, -0.2) is 30.0 Å². The third-order valence-corrected chi connectivity index (χ3v) is 5.48. The molecule has 1 saturated carbocycles. The minimum Gasteiger partial charge on any atom is -0.328 e. The molecule has 1 fully saturated rings. The Balaban J connectivity index is 1.55. The molecule has 0 aromatic carbocycles. The van der Waals surface area contributed by atoms with Gasteiger partial charge in [-0.25, -0.2) is 14.5 Å². The van der Waals surface area contributed by atoms with Crippen LogP contribution < -0.4 is 11.5 Å². The van der Waals surface area contributed by atoms with Gasteiger partial charge < -0.3 is 15.9 Å². The fraction of sp³-hybridized carbons (Fsp3) is 0.316. The maximum absolute atomic E-state index is 6.60. The number of nitrogens with two attached hydrogens (primary N) is 2. The molecule has 0 radical (unpaired) electrons. The second-order valence-electron chi connectivity index (χ2n) is 7.25. The van der Waals surface area contributed by atoms with Crippen LogP contribution in [0.2, 0.25) is 0 Å². The highest BCUT2D eigenvalue weighted by Gasteiger charge is 2.35. The molecule has 132 valence electrons. The minimum absolute atomic E-state index is 0.242. The molecule has 0 saturated heterocycles. The van der Waals surface area contributed by atoms with E-state index in [4.69, 9.17) is 16.6 Å². The maximum atomic E-state index is 6.60. The van der Waals surface area contributed by atoms with Gasteiger partial charge in [-0.1, -0.05) is 0 Å². The first-order valence-corrected chi connectivity index (χ1v) is 8.95. The highest BCUT2D eigenvalue weighted by molar-refractivity contribution is 5.80. The van der Waals surface area contributed by atoms with Crippen molar-refractivity contribution < 1.29 is 0 Å². The monoisotopic (exact) mass is 347 g/mol. The Morgan fingerprint density at radius 2 is 1.92 bits per heavy atom. The lowest BCUT2D eigenvalue weighted by atomic mass is 9.80. The number of hydrogen-bond acceptors (Lipinski definition) is 5. The smallest absolute Gasteiger partial charge is 0.169 e. The summed E-state index contributed by atoms with van der Waals surface area (Å²) in [6.07, 6.45) is 13.1. The van der Waals surface area contributed by atoms with E-state index in [2.05, 4.69) is 28.3 Å². The van der Waals surface area contributed by atoms with Crippen LogP contribution in [0.25, 0.3) is 22.3 Å². The first kappa shape index (κ1) is 15.5. The van der Waals surface area contributed by atoms with Gasteiger partial charge in [0, 0.05) is 42.0 Å². The number of nitrogens with zero attached hydrogens (tertiary/aromatic N) is 5. The number of aromatic nitrogens is 5. The molecule has 1 aliphatic rings. The van der Waals surface area contributed by atoms with Crippen molar-refractivity contribution in [2.45, 2.75) is 37.3 Å². The summed E-state index contributed by atoms with van der Waals surface area (Å²) in [6.45, 7) is 0. The molecule has 0 unspecified atom stereocenters. The molecule has 0 bridgehead atoms. The van der Waals surface area contributed by atoms with Gasteiger partial charge in [-0.15, -0.1) is 0 Å². The summed E-state index contributed by atoms with van der Waals surface area (Å²) in [5.41, 5.74) is 16.2. The third-order valence-electron chi connectivity index (χ3n) is 5.48. The Bertz CT molecular complexity index is 1090. The molecule has 7 heteroatoms. The fourth-order valence-corrected chi connectivity index (χ4v) is 3.83. The lowest BCUT2D eigenvalue weighted by Crippen LogP contribution is -2.45. The molecule has 4 heterocycles. The van der Waals surface area contributed by atoms with Crippen molar-refractivity contribution in [3.8, 4) is 11.1 Å². The van der Waals surface area contributed by atoms with Crippen molar-refractivity contribution in [1.29, 1.82) is 0 Å². The zero-order valence-electron chi connectivity index (χ0n) is 14.4. The average Bonchev–Trinajstić information content (AvgIpc) is 3.29. The summed E-state index contributed by atoms with van der Waals surface area (Å²) in [5.74, 6) is 0.698. The molecule has 0 aliphatic heterocycles. The van der Waals surface area contributed by atoms with Crippen LogP contribution in [0, 0.1) is 0 Å². The van der Waals surface area contributed by atoms with Crippen LogP contribution in [0.15, 0.2) is 49.2 Å². The van der Waals surface area contributed by atoms with Gasteiger partial charge in [0.05, 0.1) is 17.3 Å². The summed E-state index contributed by atoms with van der Waals surface area (Å²) < 4.78 is 3.88. The average molecular weight is 347 g/mol. The van der Waals surface area contributed by atoms with E-state index in [1.165, 1.54) is 0 Å². The Labute approximate surface area is 150 Å². The lowest BCUT2D eigenvalue weighted by molar-refractivity contribution is 0.262. The third kappa shape index (κ3) is 2.40. The molecule has 5 rings (SSSR count). The minimum atomic E-state index is -0.482. The van der Waals surface area contributed by atoms with Gasteiger partial charge in [0.1, 0.15) is 5.65 Å². The summed E-state index contributed by atoms with van der Waals surface area (Å²) in [5, 5.41) is 4.71. The topological polar surface area (TPSA) is 99.5 Å². The summed E-state index contributed by atoms with van der Waals surface area (Å²) in [4.78, 5) is 8.91. The van der Waals surface area contributed by atoms with Gasteiger partial charge in [0.25, 0.3) is 0 Å². The highest BCUT2D eigenvalue weighted by Crippen LogP contribution is 2.33. The predicted molar refractivity (Wildman–Crippen MR) is 99.5 cm³/mol. The largest absolute Gasteiger partial charge is 0.328 e. The van der Waals surface area contributed by atoms with E-state index in [1.54, 1.807) is 6.20 Å². The van der Waals surface area contributed by atoms with Gasteiger partial charge in [0.15, 0.2) is 5.82 Å². The molecule has 0 spiro atoms. The van der Waals surface area contributed by atoms with E-state index >= 15 is 0 Å². The molecule has 1 aliphatic carbocycles. The molecule has 4 aromatic rings. The Morgan fingerprint density at radius 3 is 2.77 bits per heavy atom. The SMILES string of the molecule is NC1CCC(N)(c2ncc3c(-c4ccc5nccn5c4)ccn3n2)CC1. The van der Waals surface area contributed by atoms with Gasteiger partial charge in [0.2, 0.25) is 0 Å². The second-order valence-corrected chi connectivity index (χ2v) is 7.25. The van der Waals surface area contributed by atoms with Crippen molar-refractivity contribution in [2.24, 2.45) is 11.5 Å². The van der Waals surface area contributed by atoms with E-state index in [0.29, 0.717) is 5.82 Å². The molecule has 0 atom stereocenters. The quantitative estimate of drug-likeness (QED) is 0.578. The van der Waals surface area contributed by atoms with Crippen LogP contribution in [0.3, 0.4) is 0 Å². The molecular formula is C19H21N7. The van der Waals surface area contributed by atoms with Crippen LogP contribution >= 0.6 is 0 Å². The highest BCUT2D eigenvalue weighted by atomic mass is 15.3. The number of hydrogen-bond donors (Lipinski definition) is 2. The van der Waals surface area contributed by atoms with E-state index in [9.17, 15) is 0 Å². The Kier molecular flexibility index (Phi) is 3.35. The molecule has 26 heavy (non-hydrogen) atoms. The van der Waals surface area contributed by atoms with E-state index < -0.39 is 5.54 Å². The number of fused-ring (bicyclic) bond motifs is 2. The van der Waals surface area contributed by atoms with E-state index in [1.807, 2.05) is 33.6 Å². The van der Waals surface area contributed by atoms with Crippen molar-refractivity contribution in [3.05, 3.63) is 55.0 Å². The van der Waals surface area contributed by atoms with Gasteiger partial charge >= 0.3 is 0 Å². The summed E-state index contributed by atoms with van der Waals surface area (Å²) in [6, 6.07) is 6.38. The maximum Gasteiger partial charge on any atom is 0.169 e. The van der Waals surface area contributed by atoms with E-state index in [0.717, 1.165) is 48.0 Å². The zero-order valence-corrected chi connectivity index (χ0v) is 14.4. The van der Waals surface area contributed by atoms with Crippen LogP contribution in [0.4, 0.5) is 0 Å². The summed E-state index contributed by atoms with van der Waals surface area (Å²) >= 11 is 0. The Morgan fingerprint density at radius 1 is 1.08 bits per heavy atom. The number of pyridine rings is 1. The first-order valence-electron chi connectivity index (χ1n) is 8.95. The van der Waals surface area contributed by atoms with Gasteiger partial charge in [-0.3, -0.25) is 0 Å². The van der Waals surface area contributed by atoms with Gasteiger partial charge in [-0.2, -0.15) is 5.10 Å². The molecular weight excluding hydrogens is 326 g/mol. The molecule has 7 nitrogen and oxygen atoms in total. The molecule has 0 amide bonds. The Hall–Kier alpha value is -2.77. The standard InChI is InChI=1S/C19H21N7/c20-14-3-6-19(21,7-4-14)18-23-11-16-15(5-9-26(16)24-18)13-1-2-17-22-8-10-25(17)12-13/h1-2,5,8-12,14H,3-4,6-7,20-21H2.